The molecule has 1 aromatic rings. The third-order valence-corrected chi connectivity index (χ3v) is 5.40. The molecule has 0 N–H and O–H groups in total. The smallest absolute Gasteiger partial charge is 0.251 e. The van der Waals surface area contributed by atoms with E-state index < -0.39 is 11.8 Å². The van der Waals surface area contributed by atoms with Gasteiger partial charge in [-0.1, -0.05) is 24.3 Å². The number of carbonyl (C=O) groups excluding carboxylic acids is 2. The molecule has 2 amide bonds. The number of hydrogen-bond donors (Lipinski definition) is 0. The maximum Gasteiger partial charge on any atom is 0.251 e. The average Bonchev–Trinajstić information content (AvgIpc) is 2.91. The Bertz CT molecular complexity index is 667. The summed E-state index contributed by atoms with van der Waals surface area (Å²) in [7, 11) is 0. The summed E-state index contributed by atoms with van der Waals surface area (Å²) in [5.41, 5.74) is 2.00. The Balaban J connectivity index is 1.87. The normalized spacial score (nSPS) is 26.2. The summed E-state index contributed by atoms with van der Waals surface area (Å²) in [6.45, 7) is 4.51. The SMILES string of the molecule is CCN1C(=O)C[C@@H](C(=O)N2CCC(F)(F)CC2)[C@@H]1c1ccccc1C. The highest BCUT2D eigenvalue weighted by Gasteiger charge is 2.47. The average molecular weight is 350 g/mol. The van der Waals surface area contributed by atoms with Gasteiger partial charge in [-0.05, 0) is 25.0 Å². The molecule has 25 heavy (non-hydrogen) atoms. The first kappa shape index (κ1) is 17.8. The summed E-state index contributed by atoms with van der Waals surface area (Å²) in [6, 6.07) is 7.44. The van der Waals surface area contributed by atoms with Crippen molar-refractivity contribution in [2.75, 3.05) is 19.6 Å². The molecule has 2 fully saturated rings. The Morgan fingerprint density at radius 3 is 2.48 bits per heavy atom. The first-order chi connectivity index (χ1) is 11.8. The number of hydrogen-bond acceptors (Lipinski definition) is 2. The van der Waals surface area contributed by atoms with Crippen LogP contribution in [-0.2, 0) is 9.59 Å². The molecular formula is C19H24F2N2O2. The van der Waals surface area contributed by atoms with E-state index in [9.17, 15) is 18.4 Å². The minimum Gasteiger partial charge on any atom is -0.342 e. The zero-order valence-electron chi connectivity index (χ0n) is 14.7. The second-order valence-electron chi connectivity index (χ2n) is 6.97. The molecule has 136 valence electrons. The summed E-state index contributed by atoms with van der Waals surface area (Å²) >= 11 is 0. The number of alkyl halides is 2. The van der Waals surface area contributed by atoms with Crippen molar-refractivity contribution in [3.63, 3.8) is 0 Å². The molecular weight excluding hydrogens is 326 g/mol. The fourth-order valence-electron chi connectivity index (χ4n) is 3.98. The molecule has 1 aromatic carbocycles. The molecule has 3 rings (SSSR count). The molecule has 0 bridgehead atoms. The van der Waals surface area contributed by atoms with Crippen LogP contribution < -0.4 is 0 Å². The van der Waals surface area contributed by atoms with Gasteiger partial charge in [0.05, 0.1) is 12.0 Å². The van der Waals surface area contributed by atoms with Crippen LogP contribution in [0.2, 0.25) is 0 Å². The highest BCUT2D eigenvalue weighted by Crippen LogP contribution is 2.41. The molecule has 0 aromatic heterocycles. The number of carbonyl (C=O) groups is 2. The molecule has 4 nitrogen and oxygen atoms in total. The van der Waals surface area contributed by atoms with E-state index in [4.69, 9.17) is 0 Å². The van der Waals surface area contributed by atoms with Crippen molar-refractivity contribution in [1.82, 2.24) is 9.80 Å². The van der Waals surface area contributed by atoms with Crippen LogP contribution in [0, 0.1) is 12.8 Å². The predicted octanol–water partition coefficient (Wildman–Crippen LogP) is 3.16. The topological polar surface area (TPSA) is 40.6 Å². The van der Waals surface area contributed by atoms with E-state index in [1.165, 1.54) is 4.90 Å². The number of likely N-dealkylation sites (tertiary alicyclic amines) is 2. The fourth-order valence-corrected chi connectivity index (χ4v) is 3.98. The molecule has 2 heterocycles. The molecule has 6 heteroatoms. The van der Waals surface area contributed by atoms with Gasteiger partial charge in [0.2, 0.25) is 11.8 Å². The van der Waals surface area contributed by atoms with Gasteiger partial charge in [0.1, 0.15) is 0 Å². The van der Waals surface area contributed by atoms with Gasteiger partial charge in [-0.25, -0.2) is 8.78 Å². The van der Waals surface area contributed by atoms with Crippen molar-refractivity contribution in [3.8, 4) is 0 Å². The number of rotatable bonds is 3. The van der Waals surface area contributed by atoms with Crippen LogP contribution in [0.1, 0.15) is 43.4 Å². The van der Waals surface area contributed by atoms with E-state index in [0.29, 0.717) is 6.54 Å². The van der Waals surface area contributed by atoms with Crippen LogP contribution in [0.5, 0.6) is 0 Å². The van der Waals surface area contributed by atoms with Crippen LogP contribution >= 0.6 is 0 Å². The Labute approximate surface area is 146 Å². The van der Waals surface area contributed by atoms with Crippen molar-refractivity contribution < 1.29 is 18.4 Å². The monoisotopic (exact) mass is 350 g/mol. The maximum absolute atomic E-state index is 13.4. The summed E-state index contributed by atoms with van der Waals surface area (Å²) < 4.78 is 26.8. The lowest BCUT2D eigenvalue weighted by molar-refractivity contribution is -0.142. The van der Waals surface area contributed by atoms with Crippen molar-refractivity contribution in [2.24, 2.45) is 5.92 Å². The minimum absolute atomic E-state index is 0.0450. The van der Waals surface area contributed by atoms with Crippen LogP contribution in [-0.4, -0.2) is 47.2 Å². The number of amides is 2. The Morgan fingerprint density at radius 1 is 1.24 bits per heavy atom. The van der Waals surface area contributed by atoms with Crippen LogP contribution in [0.3, 0.4) is 0 Å². The molecule has 0 spiro atoms. The van der Waals surface area contributed by atoms with Gasteiger partial charge in [-0.15, -0.1) is 0 Å². The van der Waals surface area contributed by atoms with E-state index in [-0.39, 0.29) is 50.2 Å². The summed E-state index contributed by atoms with van der Waals surface area (Å²) in [5.74, 6) is -3.41. The third kappa shape index (κ3) is 3.39. The van der Waals surface area contributed by atoms with Gasteiger partial charge in [0, 0.05) is 38.9 Å². The number of aryl methyl sites for hydroxylation is 1. The quantitative estimate of drug-likeness (QED) is 0.840. The van der Waals surface area contributed by atoms with E-state index in [1.54, 1.807) is 4.90 Å². The number of nitrogens with zero attached hydrogens (tertiary/aromatic N) is 2. The molecule has 2 aliphatic heterocycles. The minimum atomic E-state index is -2.69. The lowest BCUT2D eigenvalue weighted by atomic mass is 9.89. The van der Waals surface area contributed by atoms with Crippen LogP contribution in [0.15, 0.2) is 24.3 Å². The van der Waals surface area contributed by atoms with Crippen molar-refractivity contribution in [3.05, 3.63) is 35.4 Å². The van der Waals surface area contributed by atoms with E-state index in [0.717, 1.165) is 11.1 Å². The number of benzene rings is 1. The molecule has 0 saturated carbocycles. The summed E-state index contributed by atoms with van der Waals surface area (Å²) in [4.78, 5) is 28.7. The van der Waals surface area contributed by atoms with Gasteiger partial charge in [0.15, 0.2) is 0 Å². The second kappa shape index (κ2) is 6.73. The zero-order valence-corrected chi connectivity index (χ0v) is 14.7. The van der Waals surface area contributed by atoms with Crippen LogP contribution in [0.4, 0.5) is 8.78 Å². The molecule has 2 aliphatic rings. The summed E-state index contributed by atoms with van der Waals surface area (Å²) in [5, 5.41) is 0. The van der Waals surface area contributed by atoms with Gasteiger partial charge in [0.25, 0.3) is 5.92 Å². The van der Waals surface area contributed by atoms with Crippen molar-refractivity contribution in [2.45, 2.75) is 45.1 Å². The van der Waals surface area contributed by atoms with Gasteiger partial charge in [-0.3, -0.25) is 9.59 Å². The lowest BCUT2D eigenvalue weighted by Crippen LogP contribution is -2.46. The van der Waals surface area contributed by atoms with Crippen molar-refractivity contribution in [1.29, 1.82) is 0 Å². The number of halogens is 2. The Hall–Kier alpha value is -1.98. The van der Waals surface area contributed by atoms with Crippen LogP contribution in [0.25, 0.3) is 0 Å². The third-order valence-electron chi connectivity index (χ3n) is 5.40. The lowest BCUT2D eigenvalue weighted by Gasteiger charge is -2.35. The highest BCUT2D eigenvalue weighted by molar-refractivity contribution is 5.90. The van der Waals surface area contributed by atoms with E-state index in [1.807, 2.05) is 38.1 Å². The zero-order chi connectivity index (χ0) is 18.2. The molecule has 0 radical (unpaired) electrons. The largest absolute Gasteiger partial charge is 0.342 e. The first-order valence-electron chi connectivity index (χ1n) is 8.85. The summed E-state index contributed by atoms with van der Waals surface area (Å²) in [6.07, 6.45) is -0.448. The molecule has 2 atom stereocenters. The molecule has 2 saturated heterocycles. The maximum atomic E-state index is 13.4. The van der Waals surface area contributed by atoms with E-state index >= 15 is 0 Å². The van der Waals surface area contributed by atoms with Gasteiger partial charge >= 0.3 is 0 Å². The standard InChI is InChI=1S/C19H24F2N2O2/c1-3-23-16(24)12-15(17(23)14-7-5-4-6-13(14)2)18(25)22-10-8-19(20,21)9-11-22/h4-7,15,17H,3,8-12H2,1-2H3/t15-,17+/m1/s1. The molecule has 0 aliphatic carbocycles. The predicted molar refractivity (Wildman–Crippen MR) is 90.2 cm³/mol. The van der Waals surface area contributed by atoms with Gasteiger partial charge in [-0.2, -0.15) is 0 Å². The fraction of sp³-hybridized carbons (Fsp3) is 0.579. The first-order valence-corrected chi connectivity index (χ1v) is 8.85. The highest BCUT2D eigenvalue weighted by atomic mass is 19.3. The molecule has 0 unspecified atom stereocenters. The number of piperidine rings is 1. The Kier molecular flexibility index (Phi) is 4.80. The van der Waals surface area contributed by atoms with Gasteiger partial charge < -0.3 is 9.80 Å². The Morgan fingerprint density at radius 2 is 1.88 bits per heavy atom. The van der Waals surface area contributed by atoms with Crippen molar-refractivity contribution >= 4 is 11.8 Å². The second-order valence-corrected chi connectivity index (χ2v) is 6.97. The van der Waals surface area contributed by atoms with E-state index in [2.05, 4.69) is 0 Å².